The van der Waals surface area contributed by atoms with E-state index in [0.717, 1.165) is 5.56 Å². The molecule has 2 aromatic rings. The van der Waals surface area contributed by atoms with E-state index in [1.54, 1.807) is 31.2 Å². The van der Waals surface area contributed by atoms with Gasteiger partial charge in [0.25, 0.3) is 0 Å². The first-order valence-electron chi connectivity index (χ1n) is 7.64. The van der Waals surface area contributed by atoms with Crippen LogP contribution in [0.2, 0.25) is 0 Å². The SMILES string of the molecule is CCOC(=O)CCc1ccc(OCC(=O)c2ccccc2)cc1. The Morgan fingerprint density at radius 3 is 2.30 bits per heavy atom. The maximum Gasteiger partial charge on any atom is 0.306 e. The highest BCUT2D eigenvalue weighted by atomic mass is 16.5. The molecule has 0 spiro atoms. The van der Waals surface area contributed by atoms with E-state index in [9.17, 15) is 9.59 Å². The molecule has 4 nitrogen and oxygen atoms in total. The monoisotopic (exact) mass is 312 g/mol. The van der Waals surface area contributed by atoms with Crippen molar-refractivity contribution in [3.63, 3.8) is 0 Å². The van der Waals surface area contributed by atoms with Gasteiger partial charge < -0.3 is 9.47 Å². The van der Waals surface area contributed by atoms with E-state index in [2.05, 4.69) is 0 Å². The predicted octanol–water partition coefficient (Wildman–Crippen LogP) is 3.44. The van der Waals surface area contributed by atoms with Gasteiger partial charge in [0.05, 0.1) is 6.61 Å². The van der Waals surface area contributed by atoms with Gasteiger partial charge in [-0.25, -0.2) is 0 Å². The highest BCUT2D eigenvalue weighted by molar-refractivity contribution is 5.97. The zero-order valence-corrected chi connectivity index (χ0v) is 13.2. The Morgan fingerprint density at radius 1 is 0.957 bits per heavy atom. The minimum absolute atomic E-state index is 0.00614. The third-order valence-electron chi connectivity index (χ3n) is 3.31. The molecule has 0 bridgehead atoms. The Kier molecular flexibility index (Phi) is 6.36. The first-order valence-corrected chi connectivity index (χ1v) is 7.64. The topological polar surface area (TPSA) is 52.6 Å². The molecule has 0 aliphatic heterocycles. The normalized spacial score (nSPS) is 10.1. The van der Waals surface area contributed by atoms with E-state index in [-0.39, 0.29) is 18.4 Å². The summed E-state index contributed by atoms with van der Waals surface area (Å²) < 4.78 is 10.4. The van der Waals surface area contributed by atoms with Crippen molar-refractivity contribution in [3.8, 4) is 5.75 Å². The number of carbonyl (C=O) groups is 2. The van der Waals surface area contributed by atoms with Crippen molar-refractivity contribution in [2.75, 3.05) is 13.2 Å². The largest absolute Gasteiger partial charge is 0.485 e. The lowest BCUT2D eigenvalue weighted by Gasteiger charge is -2.07. The summed E-state index contributed by atoms with van der Waals surface area (Å²) in [4.78, 5) is 23.3. The van der Waals surface area contributed by atoms with E-state index in [0.29, 0.717) is 30.8 Å². The van der Waals surface area contributed by atoms with Gasteiger partial charge in [-0.2, -0.15) is 0 Å². The lowest BCUT2D eigenvalue weighted by molar-refractivity contribution is -0.143. The molecule has 0 N–H and O–H groups in total. The smallest absolute Gasteiger partial charge is 0.306 e. The molecule has 0 aromatic heterocycles. The zero-order valence-electron chi connectivity index (χ0n) is 13.2. The van der Waals surface area contributed by atoms with Gasteiger partial charge in [0, 0.05) is 12.0 Å². The average Bonchev–Trinajstić information content (AvgIpc) is 2.60. The van der Waals surface area contributed by atoms with Crippen LogP contribution in [-0.4, -0.2) is 25.0 Å². The van der Waals surface area contributed by atoms with E-state index in [4.69, 9.17) is 9.47 Å². The van der Waals surface area contributed by atoms with Crippen molar-refractivity contribution in [1.82, 2.24) is 0 Å². The van der Waals surface area contributed by atoms with Crippen molar-refractivity contribution in [1.29, 1.82) is 0 Å². The number of ether oxygens (including phenoxy) is 2. The van der Waals surface area contributed by atoms with Gasteiger partial charge in [0.1, 0.15) is 5.75 Å². The van der Waals surface area contributed by atoms with Gasteiger partial charge in [-0.3, -0.25) is 9.59 Å². The van der Waals surface area contributed by atoms with Crippen molar-refractivity contribution in [2.24, 2.45) is 0 Å². The summed E-state index contributed by atoms with van der Waals surface area (Å²) in [7, 11) is 0. The highest BCUT2D eigenvalue weighted by Crippen LogP contribution is 2.14. The molecule has 23 heavy (non-hydrogen) atoms. The van der Waals surface area contributed by atoms with Crippen molar-refractivity contribution in [3.05, 3.63) is 65.7 Å². The van der Waals surface area contributed by atoms with E-state index >= 15 is 0 Å². The zero-order chi connectivity index (χ0) is 16.5. The standard InChI is InChI=1S/C19H20O4/c1-2-22-19(21)13-10-15-8-11-17(12-9-15)23-14-18(20)16-6-4-3-5-7-16/h3-9,11-12H,2,10,13-14H2,1H3. The van der Waals surface area contributed by atoms with Crippen LogP contribution >= 0.6 is 0 Å². The number of rotatable bonds is 8. The summed E-state index contributed by atoms with van der Waals surface area (Å²) in [5.74, 6) is 0.382. The van der Waals surface area contributed by atoms with Gasteiger partial charge in [0.2, 0.25) is 0 Å². The molecule has 0 radical (unpaired) electrons. The van der Waals surface area contributed by atoms with Crippen LogP contribution in [0.25, 0.3) is 0 Å². The third-order valence-corrected chi connectivity index (χ3v) is 3.31. The molecule has 4 heteroatoms. The van der Waals surface area contributed by atoms with Crippen LogP contribution in [0.15, 0.2) is 54.6 Å². The van der Waals surface area contributed by atoms with Crippen LogP contribution in [0.4, 0.5) is 0 Å². The number of hydrogen-bond donors (Lipinski definition) is 0. The summed E-state index contributed by atoms with van der Waals surface area (Å²) in [5, 5.41) is 0. The van der Waals surface area contributed by atoms with Crippen LogP contribution in [0.5, 0.6) is 5.75 Å². The molecule has 2 rings (SSSR count). The molecule has 0 fully saturated rings. The van der Waals surface area contributed by atoms with Crippen LogP contribution in [-0.2, 0) is 16.0 Å². The van der Waals surface area contributed by atoms with Gasteiger partial charge in [-0.05, 0) is 31.0 Å². The molecule has 0 heterocycles. The number of carbonyl (C=O) groups excluding carboxylic acids is 2. The minimum atomic E-state index is -0.193. The molecular weight excluding hydrogens is 292 g/mol. The predicted molar refractivity (Wildman–Crippen MR) is 87.7 cm³/mol. The maximum absolute atomic E-state index is 11.9. The van der Waals surface area contributed by atoms with Crippen LogP contribution in [0, 0.1) is 0 Å². The summed E-state index contributed by atoms with van der Waals surface area (Å²) >= 11 is 0. The molecule has 0 aliphatic carbocycles. The average molecular weight is 312 g/mol. The molecule has 0 aliphatic rings. The Hall–Kier alpha value is -2.62. The second-order valence-corrected chi connectivity index (χ2v) is 5.03. The fraction of sp³-hybridized carbons (Fsp3) is 0.263. The first-order chi connectivity index (χ1) is 11.2. The Balaban J connectivity index is 1.81. The second-order valence-electron chi connectivity index (χ2n) is 5.03. The Bertz CT molecular complexity index is 632. The Morgan fingerprint density at radius 2 is 1.65 bits per heavy atom. The number of hydrogen-bond acceptors (Lipinski definition) is 4. The molecular formula is C19H20O4. The van der Waals surface area contributed by atoms with E-state index < -0.39 is 0 Å². The van der Waals surface area contributed by atoms with Gasteiger partial charge in [-0.15, -0.1) is 0 Å². The van der Waals surface area contributed by atoms with Crippen molar-refractivity contribution >= 4 is 11.8 Å². The molecule has 0 saturated heterocycles. The fourth-order valence-corrected chi connectivity index (χ4v) is 2.09. The number of aryl methyl sites for hydroxylation is 1. The van der Waals surface area contributed by atoms with Gasteiger partial charge in [0.15, 0.2) is 12.4 Å². The lowest BCUT2D eigenvalue weighted by Crippen LogP contribution is -2.11. The molecule has 0 unspecified atom stereocenters. The van der Waals surface area contributed by atoms with E-state index in [1.807, 2.05) is 30.3 Å². The van der Waals surface area contributed by atoms with Crippen LogP contribution in [0.3, 0.4) is 0 Å². The molecule has 0 atom stereocenters. The fourth-order valence-electron chi connectivity index (χ4n) is 2.09. The summed E-state index contributed by atoms with van der Waals surface area (Å²) in [6, 6.07) is 16.4. The van der Waals surface area contributed by atoms with E-state index in [1.165, 1.54) is 0 Å². The number of benzene rings is 2. The molecule has 0 saturated carbocycles. The molecule has 2 aromatic carbocycles. The number of esters is 1. The summed E-state index contributed by atoms with van der Waals surface area (Å²) in [5.41, 5.74) is 1.67. The first kappa shape index (κ1) is 16.7. The number of ketones is 1. The summed E-state index contributed by atoms with van der Waals surface area (Å²) in [6.45, 7) is 2.20. The Labute approximate surface area is 136 Å². The molecule has 0 amide bonds. The van der Waals surface area contributed by atoms with Crippen molar-refractivity contribution < 1.29 is 19.1 Å². The van der Waals surface area contributed by atoms with Crippen LogP contribution < -0.4 is 4.74 Å². The lowest BCUT2D eigenvalue weighted by atomic mass is 10.1. The summed E-state index contributed by atoms with van der Waals surface area (Å²) in [6.07, 6.45) is 0.989. The second kappa shape index (κ2) is 8.73. The van der Waals surface area contributed by atoms with Gasteiger partial charge in [-0.1, -0.05) is 42.5 Å². The molecule has 120 valence electrons. The van der Waals surface area contributed by atoms with Gasteiger partial charge >= 0.3 is 5.97 Å². The maximum atomic E-state index is 11.9. The van der Waals surface area contributed by atoms with Crippen LogP contribution in [0.1, 0.15) is 29.3 Å². The number of Topliss-reactive ketones (excluding diaryl/α,β-unsaturated/α-hetero) is 1. The quantitative estimate of drug-likeness (QED) is 0.553. The minimum Gasteiger partial charge on any atom is -0.485 e. The highest BCUT2D eigenvalue weighted by Gasteiger charge is 2.06. The van der Waals surface area contributed by atoms with Crippen molar-refractivity contribution in [2.45, 2.75) is 19.8 Å². The third kappa shape index (κ3) is 5.58.